The summed E-state index contributed by atoms with van der Waals surface area (Å²) in [5.74, 6) is -0.739. The molecule has 1 aromatic rings. The normalized spacial score (nSPS) is 23.4. The smallest absolute Gasteiger partial charge is 0.305 e. The highest BCUT2D eigenvalue weighted by molar-refractivity contribution is 5.69. The Hall–Kier alpha value is -1.55. The molecular formula is C15H22N2O2. The maximum atomic E-state index is 11.0. The molecule has 1 fully saturated rings. The number of carboxylic acids is 1. The molecule has 2 unspecified atom stereocenters. The Bertz CT molecular complexity index is 473. The zero-order chi connectivity index (χ0) is 14.0. The largest absolute Gasteiger partial charge is 0.481 e. The number of nitrogens with one attached hydrogen (secondary N) is 1. The topological polar surface area (TPSA) is 52.6 Å². The first kappa shape index (κ1) is 13.9. The van der Waals surface area contributed by atoms with Gasteiger partial charge in [0.2, 0.25) is 0 Å². The fourth-order valence-electron chi connectivity index (χ4n) is 2.66. The van der Waals surface area contributed by atoms with Crippen molar-refractivity contribution < 1.29 is 9.90 Å². The number of benzene rings is 1. The fraction of sp³-hybridized carbons (Fsp3) is 0.533. The van der Waals surface area contributed by atoms with Gasteiger partial charge in [-0.25, -0.2) is 0 Å². The van der Waals surface area contributed by atoms with Crippen molar-refractivity contribution in [3.05, 3.63) is 29.3 Å². The van der Waals surface area contributed by atoms with Gasteiger partial charge in [0.15, 0.2) is 0 Å². The molecule has 4 heteroatoms. The lowest BCUT2D eigenvalue weighted by Crippen LogP contribution is -2.56. The summed E-state index contributed by atoms with van der Waals surface area (Å²) in [6.45, 7) is 7.86. The molecule has 1 aliphatic rings. The van der Waals surface area contributed by atoms with Crippen LogP contribution in [0.2, 0.25) is 0 Å². The molecule has 0 spiro atoms. The van der Waals surface area contributed by atoms with Crippen molar-refractivity contribution in [2.24, 2.45) is 0 Å². The summed E-state index contributed by atoms with van der Waals surface area (Å²) in [4.78, 5) is 13.3. The van der Waals surface area contributed by atoms with Gasteiger partial charge in [-0.2, -0.15) is 0 Å². The van der Waals surface area contributed by atoms with E-state index in [9.17, 15) is 4.79 Å². The first-order valence-corrected chi connectivity index (χ1v) is 6.76. The van der Waals surface area contributed by atoms with E-state index >= 15 is 0 Å². The van der Waals surface area contributed by atoms with Crippen molar-refractivity contribution in [3.8, 4) is 0 Å². The minimum atomic E-state index is -0.739. The molecule has 2 N–H and O–H groups in total. The predicted octanol–water partition coefficient (Wildman–Crippen LogP) is 1.94. The summed E-state index contributed by atoms with van der Waals surface area (Å²) in [7, 11) is 0. The summed E-state index contributed by atoms with van der Waals surface area (Å²) >= 11 is 0. The van der Waals surface area contributed by atoms with Gasteiger partial charge >= 0.3 is 5.97 Å². The van der Waals surface area contributed by atoms with Crippen LogP contribution in [0.25, 0.3) is 0 Å². The minimum absolute atomic E-state index is 0.0224. The third kappa shape index (κ3) is 3.26. The molecule has 0 saturated carbocycles. The number of aryl methyl sites for hydroxylation is 2. The lowest BCUT2D eigenvalue weighted by atomic mass is 10.0. The summed E-state index contributed by atoms with van der Waals surface area (Å²) in [6, 6.07) is 6.76. The lowest BCUT2D eigenvalue weighted by molar-refractivity contribution is -0.137. The van der Waals surface area contributed by atoms with Gasteiger partial charge < -0.3 is 15.3 Å². The molecule has 1 aromatic carbocycles. The van der Waals surface area contributed by atoms with E-state index in [4.69, 9.17) is 5.11 Å². The first-order chi connectivity index (χ1) is 8.97. The zero-order valence-corrected chi connectivity index (χ0v) is 11.8. The third-order valence-corrected chi connectivity index (χ3v) is 3.70. The highest BCUT2D eigenvalue weighted by atomic mass is 16.4. The van der Waals surface area contributed by atoms with Crippen LogP contribution in [0.4, 0.5) is 5.69 Å². The van der Waals surface area contributed by atoms with Gasteiger partial charge in [-0.1, -0.05) is 12.1 Å². The van der Waals surface area contributed by atoms with Gasteiger partial charge in [-0.05, 0) is 38.0 Å². The molecule has 0 aliphatic carbocycles. The highest BCUT2D eigenvalue weighted by Crippen LogP contribution is 2.26. The predicted molar refractivity (Wildman–Crippen MR) is 76.8 cm³/mol. The van der Waals surface area contributed by atoms with Crippen molar-refractivity contribution in [2.45, 2.75) is 39.3 Å². The van der Waals surface area contributed by atoms with E-state index in [0.717, 1.165) is 13.1 Å². The van der Waals surface area contributed by atoms with E-state index < -0.39 is 5.97 Å². The average Bonchev–Trinajstić information content (AvgIpc) is 2.34. The van der Waals surface area contributed by atoms with Crippen molar-refractivity contribution in [1.29, 1.82) is 0 Å². The molecule has 1 saturated heterocycles. The maximum absolute atomic E-state index is 11.0. The van der Waals surface area contributed by atoms with Gasteiger partial charge in [0.05, 0.1) is 12.5 Å². The van der Waals surface area contributed by atoms with Gasteiger partial charge in [0.25, 0.3) is 0 Å². The van der Waals surface area contributed by atoms with E-state index in [1.807, 2.05) is 0 Å². The van der Waals surface area contributed by atoms with Crippen LogP contribution in [0.15, 0.2) is 18.2 Å². The molecule has 2 rings (SSSR count). The van der Waals surface area contributed by atoms with Crippen molar-refractivity contribution in [1.82, 2.24) is 5.32 Å². The molecule has 1 aliphatic heterocycles. The Kier molecular flexibility index (Phi) is 4.10. The molecule has 0 amide bonds. The number of carbonyl (C=O) groups is 1. The number of piperazine rings is 1. The lowest BCUT2D eigenvalue weighted by Gasteiger charge is -2.41. The van der Waals surface area contributed by atoms with Gasteiger partial charge in [0, 0.05) is 24.8 Å². The molecule has 0 radical (unpaired) electrons. The van der Waals surface area contributed by atoms with Crippen molar-refractivity contribution in [3.63, 3.8) is 0 Å². The number of anilines is 1. The van der Waals surface area contributed by atoms with Crippen LogP contribution in [-0.2, 0) is 4.79 Å². The van der Waals surface area contributed by atoms with E-state index in [2.05, 4.69) is 49.2 Å². The number of nitrogens with zero attached hydrogens (tertiary/aromatic N) is 1. The monoisotopic (exact) mass is 262 g/mol. The second kappa shape index (κ2) is 5.61. The maximum Gasteiger partial charge on any atom is 0.305 e. The average molecular weight is 262 g/mol. The minimum Gasteiger partial charge on any atom is -0.481 e. The molecular weight excluding hydrogens is 240 g/mol. The molecule has 1 heterocycles. The quantitative estimate of drug-likeness (QED) is 0.874. The Balaban J connectivity index is 2.30. The number of aliphatic carboxylic acids is 1. The molecule has 104 valence electrons. The van der Waals surface area contributed by atoms with Crippen molar-refractivity contribution in [2.75, 3.05) is 18.0 Å². The second-order valence-electron chi connectivity index (χ2n) is 5.50. The van der Waals surface area contributed by atoms with Crippen LogP contribution < -0.4 is 10.2 Å². The van der Waals surface area contributed by atoms with E-state index in [1.165, 1.54) is 16.8 Å². The van der Waals surface area contributed by atoms with Gasteiger partial charge in [0.1, 0.15) is 0 Å². The molecule has 19 heavy (non-hydrogen) atoms. The highest BCUT2D eigenvalue weighted by Gasteiger charge is 2.28. The summed E-state index contributed by atoms with van der Waals surface area (Å²) in [5, 5.41) is 12.4. The van der Waals surface area contributed by atoms with E-state index in [1.54, 1.807) is 0 Å². The van der Waals surface area contributed by atoms with Crippen molar-refractivity contribution >= 4 is 11.7 Å². The van der Waals surface area contributed by atoms with Gasteiger partial charge in [-0.3, -0.25) is 4.79 Å². The van der Waals surface area contributed by atoms with Crippen LogP contribution in [0.3, 0.4) is 0 Å². The Morgan fingerprint density at radius 3 is 2.89 bits per heavy atom. The van der Waals surface area contributed by atoms with Crippen LogP contribution in [-0.4, -0.2) is 36.2 Å². The van der Waals surface area contributed by atoms with Crippen LogP contribution in [0.5, 0.6) is 0 Å². The standard InChI is InChI=1S/C15H22N2O2/c1-10-4-5-11(2)14(6-10)17-9-12(3)16-8-13(17)7-15(18)19/h4-6,12-13,16H,7-9H2,1-3H3,(H,18,19). The second-order valence-corrected chi connectivity index (χ2v) is 5.50. The van der Waals surface area contributed by atoms with E-state index in [0.29, 0.717) is 6.04 Å². The number of carboxylic acid groups (broad SMARTS) is 1. The summed E-state index contributed by atoms with van der Waals surface area (Å²) < 4.78 is 0. The first-order valence-electron chi connectivity index (χ1n) is 6.76. The van der Waals surface area contributed by atoms with Crippen LogP contribution >= 0.6 is 0 Å². The van der Waals surface area contributed by atoms with Crippen LogP contribution in [0.1, 0.15) is 24.5 Å². The molecule has 2 atom stereocenters. The fourth-order valence-corrected chi connectivity index (χ4v) is 2.66. The Morgan fingerprint density at radius 2 is 2.21 bits per heavy atom. The SMILES string of the molecule is Cc1ccc(C)c(N2CC(C)NCC2CC(=O)O)c1. The number of hydrogen-bond acceptors (Lipinski definition) is 3. The number of rotatable bonds is 3. The summed E-state index contributed by atoms with van der Waals surface area (Å²) in [5.41, 5.74) is 3.58. The zero-order valence-electron chi connectivity index (χ0n) is 11.8. The Labute approximate surface area is 114 Å². The molecule has 0 bridgehead atoms. The Morgan fingerprint density at radius 1 is 1.47 bits per heavy atom. The summed E-state index contributed by atoms with van der Waals surface area (Å²) in [6.07, 6.45) is 0.174. The van der Waals surface area contributed by atoms with E-state index in [-0.39, 0.29) is 12.5 Å². The van der Waals surface area contributed by atoms with Crippen LogP contribution in [0, 0.1) is 13.8 Å². The molecule has 4 nitrogen and oxygen atoms in total. The number of hydrogen-bond donors (Lipinski definition) is 2. The molecule has 0 aromatic heterocycles. The van der Waals surface area contributed by atoms with Gasteiger partial charge in [-0.15, -0.1) is 0 Å². The third-order valence-electron chi connectivity index (χ3n) is 3.70.